The van der Waals surface area contributed by atoms with Crippen molar-refractivity contribution < 1.29 is 37.0 Å². The van der Waals surface area contributed by atoms with Crippen molar-refractivity contribution in [1.29, 1.82) is 0 Å². The Morgan fingerprint density at radius 2 is 1.55 bits per heavy atom. The normalized spacial score (nSPS) is 14.1. The number of piperazine rings is 1. The Hall–Kier alpha value is -3.43. The lowest BCUT2D eigenvalue weighted by molar-refractivity contribution is -0.153. The number of rotatable bonds is 8. The van der Waals surface area contributed by atoms with E-state index in [1.165, 1.54) is 11.0 Å². The van der Waals surface area contributed by atoms with Gasteiger partial charge in [-0.1, -0.05) is 6.07 Å². The van der Waals surface area contributed by atoms with Gasteiger partial charge < -0.3 is 24.0 Å². The van der Waals surface area contributed by atoms with Gasteiger partial charge >= 0.3 is 12.1 Å². The Morgan fingerprint density at radius 1 is 0.909 bits per heavy atom. The standard InChI is InChI=1S/C23H25F3N2O5/c1-2-31-19-6-8-20(9-7-19)32-16-22(30)33-15-21(29)28-12-10-27(11-13-28)18-5-3-4-17(14-18)23(24,25)26/h3-9,14H,2,10-13,15-16H2,1H3. The molecule has 0 unspecified atom stereocenters. The van der Waals surface area contributed by atoms with Crippen LogP contribution in [-0.2, 0) is 20.5 Å². The largest absolute Gasteiger partial charge is 0.494 e. The maximum atomic E-state index is 12.9. The van der Waals surface area contributed by atoms with Crippen LogP contribution in [0.5, 0.6) is 11.5 Å². The van der Waals surface area contributed by atoms with Crippen molar-refractivity contribution in [2.24, 2.45) is 0 Å². The fraction of sp³-hybridized carbons (Fsp3) is 0.391. The quantitative estimate of drug-likeness (QED) is 0.556. The molecule has 178 valence electrons. The molecule has 1 aliphatic heterocycles. The Labute approximate surface area is 189 Å². The minimum atomic E-state index is -4.41. The molecule has 0 radical (unpaired) electrons. The van der Waals surface area contributed by atoms with Crippen molar-refractivity contribution in [1.82, 2.24) is 4.90 Å². The number of hydrogen-bond donors (Lipinski definition) is 0. The molecule has 0 aliphatic carbocycles. The van der Waals surface area contributed by atoms with E-state index in [2.05, 4.69) is 0 Å². The highest BCUT2D eigenvalue weighted by molar-refractivity contribution is 5.81. The van der Waals surface area contributed by atoms with Gasteiger partial charge in [0.05, 0.1) is 12.2 Å². The van der Waals surface area contributed by atoms with E-state index in [9.17, 15) is 22.8 Å². The lowest BCUT2D eigenvalue weighted by Crippen LogP contribution is -2.50. The summed E-state index contributed by atoms with van der Waals surface area (Å²) in [5.41, 5.74) is -0.257. The van der Waals surface area contributed by atoms with E-state index in [4.69, 9.17) is 14.2 Å². The summed E-state index contributed by atoms with van der Waals surface area (Å²) >= 11 is 0. The first kappa shape index (κ1) is 24.2. The summed E-state index contributed by atoms with van der Waals surface area (Å²) in [4.78, 5) is 27.5. The average molecular weight is 466 g/mol. The molecule has 0 aromatic heterocycles. The van der Waals surface area contributed by atoms with E-state index in [1.54, 1.807) is 35.2 Å². The van der Waals surface area contributed by atoms with Crippen LogP contribution in [0.4, 0.5) is 18.9 Å². The number of ether oxygens (including phenoxy) is 3. The molecule has 1 aliphatic rings. The van der Waals surface area contributed by atoms with Gasteiger partial charge in [-0.2, -0.15) is 13.2 Å². The third-order valence-electron chi connectivity index (χ3n) is 5.02. The summed E-state index contributed by atoms with van der Waals surface area (Å²) in [7, 11) is 0. The number of hydrogen-bond acceptors (Lipinski definition) is 6. The number of nitrogens with zero attached hydrogens (tertiary/aromatic N) is 2. The molecule has 0 saturated carbocycles. The maximum absolute atomic E-state index is 12.9. The molecule has 0 bridgehead atoms. The predicted molar refractivity (Wildman–Crippen MR) is 114 cm³/mol. The van der Waals surface area contributed by atoms with Gasteiger partial charge in [-0.25, -0.2) is 4.79 Å². The molecule has 0 atom stereocenters. The second-order valence-corrected chi connectivity index (χ2v) is 7.27. The molecule has 1 fully saturated rings. The summed E-state index contributed by atoms with van der Waals surface area (Å²) < 4.78 is 54.4. The number of anilines is 1. The fourth-order valence-corrected chi connectivity index (χ4v) is 3.31. The molecule has 0 N–H and O–H groups in total. The molecular formula is C23H25F3N2O5. The predicted octanol–water partition coefficient (Wildman–Crippen LogP) is 3.37. The van der Waals surface area contributed by atoms with Crippen LogP contribution in [0.15, 0.2) is 48.5 Å². The molecule has 7 nitrogen and oxygen atoms in total. The van der Waals surface area contributed by atoms with Crippen molar-refractivity contribution >= 4 is 17.6 Å². The van der Waals surface area contributed by atoms with Gasteiger partial charge in [-0.3, -0.25) is 4.79 Å². The average Bonchev–Trinajstić information content (AvgIpc) is 2.82. The lowest BCUT2D eigenvalue weighted by Gasteiger charge is -2.36. The second kappa shape index (κ2) is 10.9. The fourth-order valence-electron chi connectivity index (χ4n) is 3.31. The van der Waals surface area contributed by atoms with Crippen LogP contribution in [-0.4, -0.2) is 62.8 Å². The number of carbonyl (C=O) groups excluding carboxylic acids is 2. The van der Waals surface area contributed by atoms with E-state index < -0.39 is 24.3 Å². The van der Waals surface area contributed by atoms with Gasteiger partial charge in [0.1, 0.15) is 11.5 Å². The second-order valence-electron chi connectivity index (χ2n) is 7.27. The van der Waals surface area contributed by atoms with Gasteiger partial charge in [0.15, 0.2) is 13.2 Å². The molecule has 0 spiro atoms. The van der Waals surface area contributed by atoms with Gasteiger partial charge in [0.25, 0.3) is 5.91 Å². The molecule has 2 aromatic carbocycles. The van der Waals surface area contributed by atoms with Gasteiger partial charge in [0, 0.05) is 31.9 Å². The van der Waals surface area contributed by atoms with E-state index in [1.807, 2.05) is 6.92 Å². The van der Waals surface area contributed by atoms with Crippen LogP contribution in [0.3, 0.4) is 0 Å². The summed E-state index contributed by atoms with van der Waals surface area (Å²) in [6, 6.07) is 11.9. The summed E-state index contributed by atoms with van der Waals surface area (Å²) in [6.45, 7) is 3.03. The molecule has 2 aromatic rings. The first-order chi connectivity index (χ1) is 15.8. The first-order valence-corrected chi connectivity index (χ1v) is 10.5. The molecular weight excluding hydrogens is 441 g/mol. The highest BCUT2D eigenvalue weighted by Gasteiger charge is 2.31. The zero-order valence-electron chi connectivity index (χ0n) is 18.1. The smallest absolute Gasteiger partial charge is 0.416 e. The van der Waals surface area contributed by atoms with Crippen LogP contribution in [0.1, 0.15) is 12.5 Å². The van der Waals surface area contributed by atoms with E-state index >= 15 is 0 Å². The maximum Gasteiger partial charge on any atom is 0.416 e. The number of halogens is 3. The monoisotopic (exact) mass is 466 g/mol. The molecule has 33 heavy (non-hydrogen) atoms. The highest BCUT2D eigenvalue weighted by atomic mass is 19.4. The van der Waals surface area contributed by atoms with E-state index in [0.29, 0.717) is 50.0 Å². The van der Waals surface area contributed by atoms with Crippen LogP contribution < -0.4 is 14.4 Å². The van der Waals surface area contributed by atoms with Crippen molar-refractivity contribution in [3.05, 3.63) is 54.1 Å². The zero-order valence-corrected chi connectivity index (χ0v) is 18.1. The van der Waals surface area contributed by atoms with Crippen molar-refractivity contribution in [2.75, 3.05) is 50.9 Å². The topological polar surface area (TPSA) is 68.3 Å². The van der Waals surface area contributed by atoms with E-state index in [0.717, 1.165) is 12.1 Å². The van der Waals surface area contributed by atoms with Gasteiger partial charge in [-0.15, -0.1) is 0 Å². The third kappa shape index (κ3) is 7.03. The van der Waals surface area contributed by atoms with Gasteiger partial charge in [-0.05, 0) is 49.4 Å². The number of esters is 1. The summed E-state index contributed by atoms with van der Waals surface area (Å²) in [6.07, 6.45) is -4.41. The Kier molecular flexibility index (Phi) is 8.02. The summed E-state index contributed by atoms with van der Waals surface area (Å²) in [5.74, 6) is 0.103. The van der Waals surface area contributed by atoms with Crippen molar-refractivity contribution in [3.63, 3.8) is 0 Å². The highest BCUT2D eigenvalue weighted by Crippen LogP contribution is 2.31. The van der Waals surface area contributed by atoms with Crippen LogP contribution in [0.2, 0.25) is 0 Å². The van der Waals surface area contributed by atoms with Crippen molar-refractivity contribution in [3.8, 4) is 11.5 Å². The number of amides is 1. The number of benzene rings is 2. The number of alkyl halides is 3. The number of carbonyl (C=O) groups is 2. The minimum absolute atomic E-state index is 0.315. The Morgan fingerprint density at radius 3 is 2.15 bits per heavy atom. The van der Waals surface area contributed by atoms with Crippen LogP contribution in [0.25, 0.3) is 0 Å². The van der Waals surface area contributed by atoms with Crippen molar-refractivity contribution in [2.45, 2.75) is 13.1 Å². The van der Waals surface area contributed by atoms with Gasteiger partial charge in [0.2, 0.25) is 0 Å². The third-order valence-corrected chi connectivity index (χ3v) is 5.02. The Bertz CT molecular complexity index is 942. The summed E-state index contributed by atoms with van der Waals surface area (Å²) in [5, 5.41) is 0. The SMILES string of the molecule is CCOc1ccc(OCC(=O)OCC(=O)N2CCN(c3cccc(C(F)(F)F)c3)CC2)cc1. The first-order valence-electron chi connectivity index (χ1n) is 10.5. The molecule has 1 heterocycles. The van der Waals surface area contributed by atoms with Crippen LogP contribution >= 0.6 is 0 Å². The molecule has 1 saturated heterocycles. The molecule has 10 heteroatoms. The minimum Gasteiger partial charge on any atom is -0.494 e. The lowest BCUT2D eigenvalue weighted by atomic mass is 10.1. The molecule has 3 rings (SSSR count). The van der Waals surface area contributed by atoms with E-state index in [-0.39, 0.29) is 12.5 Å². The zero-order chi connectivity index (χ0) is 23.8. The Balaban J connectivity index is 1.40. The van der Waals surface area contributed by atoms with Crippen LogP contribution in [0, 0.1) is 0 Å². The molecule has 1 amide bonds.